The van der Waals surface area contributed by atoms with Crippen LogP contribution in [0.15, 0.2) is 6.07 Å². The summed E-state index contributed by atoms with van der Waals surface area (Å²) in [5, 5.41) is 27.5. The maximum Gasteiger partial charge on any atom is 0.257 e. The molecule has 0 saturated carbocycles. The van der Waals surface area contributed by atoms with Gasteiger partial charge in [0, 0.05) is 6.07 Å². The van der Waals surface area contributed by atoms with E-state index >= 15 is 0 Å². The van der Waals surface area contributed by atoms with Crippen molar-refractivity contribution in [1.29, 1.82) is 0 Å². The molecule has 3 N–H and O–H groups in total. The minimum Gasteiger partial charge on any atom is -0.506 e. The van der Waals surface area contributed by atoms with Crippen LogP contribution in [0.2, 0.25) is 0 Å². The number of aromatic nitrogens is 1. The molecule has 0 radical (unpaired) electrons. The summed E-state index contributed by atoms with van der Waals surface area (Å²) >= 11 is 0. The van der Waals surface area contributed by atoms with E-state index in [0.717, 1.165) is 18.9 Å². The van der Waals surface area contributed by atoms with E-state index in [0.29, 0.717) is 6.61 Å². The molecular weight excluding hydrogens is 234 g/mol. The van der Waals surface area contributed by atoms with Crippen LogP contribution < -0.4 is 4.74 Å². The van der Waals surface area contributed by atoms with Crippen molar-refractivity contribution in [3.63, 3.8) is 0 Å². The molecule has 0 spiro atoms. The highest BCUT2D eigenvalue weighted by Gasteiger charge is 2.10. The summed E-state index contributed by atoms with van der Waals surface area (Å²) in [6.45, 7) is 2.08. The van der Waals surface area contributed by atoms with Crippen molar-refractivity contribution < 1.29 is 20.1 Å². The molecule has 0 aliphatic rings. The molecule has 1 aromatic rings. The molecule has 0 saturated heterocycles. The average Bonchev–Trinajstić information content (AvgIpc) is 2.21. The van der Waals surface area contributed by atoms with Gasteiger partial charge in [-0.2, -0.15) is 0 Å². The molecular formula is C10H16ClNO4. The van der Waals surface area contributed by atoms with Crippen LogP contribution in [0.5, 0.6) is 17.4 Å². The number of unbranched alkanes of at least 4 members (excludes halogenated alkanes) is 1. The van der Waals surface area contributed by atoms with Gasteiger partial charge < -0.3 is 20.1 Å². The van der Waals surface area contributed by atoms with Crippen molar-refractivity contribution in [3.8, 4) is 17.4 Å². The second kappa shape index (κ2) is 7.14. The van der Waals surface area contributed by atoms with Crippen LogP contribution in [0.3, 0.4) is 0 Å². The van der Waals surface area contributed by atoms with E-state index in [9.17, 15) is 10.2 Å². The fourth-order valence-corrected chi connectivity index (χ4v) is 1.05. The lowest BCUT2D eigenvalue weighted by atomic mass is 10.3. The number of hydrogen-bond acceptors (Lipinski definition) is 5. The van der Waals surface area contributed by atoms with Gasteiger partial charge in [0.25, 0.3) is 5.88 Å². The molecule has 0 aliphatic heterocycles. The molecule has 16 heavy (non-hydrogen) atoms. The van der Waals surface area contributed by atoms with Crippen molar-refractivity contribution in [2.75, 3.05) is 6.61 Å². The standard InChI is InChI=1S/C10H15NO4.ClH/c1-2-3-4-15-10-9(14)5-8(13)7(6-12)11-10;/h5,12-14H,2-4,6H2,1H3;1H. The van der Waals surface area contributed by atoms with Crippen molar-refractivity contribution in [3.05, 3.63) is 11.8 Å². The van der Waals surface area contributed by atoms with E-state index in [1.807, 2.05) is 6.92 Å². The highest BCUT2D eigenvalue weighted by atomic mass is 35.5. The first-order valence-corrected chi connectivity index (χ1v) is 4.84. The molecule has 0 aromatic carbocycles. The summed E-state index contributed by atoms with van der Waals surface area (Å²) in [5.74, 6) is -0.413. The molecule has 5 nitrogen and oxygen atoms in total. The number of aromatic hydroxyl groups is 2. The second-order valence-corrected chi connectivity index (χ2v) is 3.14. The van der Waals surface area contributed by atoms with E-state index in [4.69, 9.17) is 9.84 Å². The van der Waals surface area contributed by atoms with Gasteiger partial charge in [0.2, 0.25) is 0 Å². The number of ether oxygens (including phenoxy) is 1. The van der Waals surface area contributed by atoms with Gasteiger partial charge in [-0.1, -0.05) is 13.3 Å². The third-order valence-electron chi connectivity index (χ3n) is 1.91. The zero-order chi connectivity index (χ0) is 11.3. The molecule has 0 bridgehead atoms. The fraction of sp³-hybridized carbons (Fsp3) is 0.500. The summed E-state index contributed by atoms with van der Waals surface area (Å²) in [7, 11) is 0. The Morgan fingerprint density at radius 1 is 1.31 bits per heavy atom. The first-order valence-electron chi connectivity index (χ1n) is 4.84. The van der Waals surface area contributed by atoms with Crippen LogP contribution in [0.25, 0.3) is 0 Å². The van der Waals surface area contributed by atoms with Crippen molar-refractivity contribution in [2.45, 2.75) is 26.4 Å². The minimum atomic E-state index is -0.393. The van der Waals surface area contributed by atoms with E-state index < -0.39 is 6.61 Å². The Balaban J connectivity index is 0.00000225. The predicted molar refractivity (Wildman–Crippen MR) is 61.1 cm³/mol. The van der Waals surface area contributed by atoms with Gasteiger partial charge in [-0.3, -0.25) is 0 Å². The summed E-state index contributed by atoms with van der Waals surface area (Å²) in [5.41, 5.74) is 0.0966. The molecule has 1 heterocycles. The van der Waals surface area contributed by atoms with Gasteiger partial charge in [-0.15, -0.1) is 12.4 Å². The summed E-state index contributed by atoms with van der Waals surface area (Å²) in [4.78, 5) is 3.79. The lowest BCUT2D eigenvalue weighted by molar-refractivity contribution is 0.254. The van der Waals surface area contributed by atoms with Crippen molar-refractivity contribution in [2.24, 2.45) is 0 Å². The number of nitrogens with zero attached hydrogens (tertiary/aromatic N) is 1. The van der Waals surface area contributed by atoms with E-state index in [-0.39, 0.29) is 35.5 Å². The summed E-state index contributed by atoms with van der Waals surface area (Å²) in [6, 6.07) is 1.11. The Morgan fingerprint density at radius 3 is 2.56 bits per heavy atom. The molecule has 6 heteroatoms. The van der Waals surface area contributed by atoms with Gasteiger partial charge in [0.1, 0.15) is 11.4 Å². The lowest BCUT2D eigenvalue weighted by Crippen LogP contribution is -2.01. The SMILES string of the molecule is CCCCOc1nc(CO)c(O)cc1O.Cl. The highest BCUT2D eigenvalue weighted by Crippen LogP contribution is 2.29. The first-order chi connectivity index (χ1) is 7.19. The molecule has 1 rings (SSSR count). The molecule has 0 atom stereocenters. The number of aliphatic hydroxyl groups is 1. The Morgan fingerprint density at radius 2 is 2.00 bits per heavy atom. The molecule has 92 valence electrons. The maximum atomic E-state index is 9.38. The van der Waals surface area contributed by atoms with Gasteiger partial charge in [0.15, 0.2) is 5.75 Å². The van der Waals surface area contributed by atoms with E-state index in [1.54, 1.807) is 0 Å². The largest absolute Gasteiger partial charge is 0.506 e. The van der Waals surface area contributed by atoms with E-state index in [2.05, 4.69) is 4.98 Å². The number of pyridine rings is 1. The van der Waals surface area contributed by atoms with Crippen molar-refractivity contribution >= 4 is 12.4 Å². The second-order valence-electron chi connectivity index (χ2n) is 3.14. The van der Waals surface area contributed by atoms with Gasteiger partial charge >= 0.3 is 0 Å². The minimum absolute atomic E-state index is 0. The first kappa shape index (κ1) is 14.8. The Hall–Kier alpha value is -1.20. The van der Waals surface area contributed by atoms with Crippen LogP contribution in [0, 0.1) is 0 Å². The van der Waals surface area contributed by atoms with Gasteiger partial charge in [-0.25, -0.2) is 4.98 Å². The molecule has 0 aliphatic carbocycles. The molecule has 1 aromatic heterocycles. The van der Waals surface area contributed by atoms with Crippen LogP contribution in [0.1, 0.15) is 25.5 Å². The zero-order valence-electron chi connectivity index (χ0n) is 9.01. The normalized spacial score (nSPS) is 9.62. The van der Waals surface area contributed by atoms with Gasteiger partial charge in [0.05, 0.1) is 13.2 Å². The van der Waals surface area contributed by atoms with Crippen molar-refractivity contribution in [1.82, 2.24) is 4.98 Å². The molecule has 0 fully saturated rings. The van der Waals surface area contributed by atoms with Gasteiger partial charge in [-0.05, 0) is 6.42 Å². The van der Waals surface area contributed by atoms with Crippen LogP contribution in [-0.2, 0) is 6.61 Å². The summed E-state index contributed by atoms with van der Waals surface area (Å²) in [6.07, 6.45) is 1.84. The number of aliphatic hydroxyl groups excluding tert-OH is 1. The topological polar surface area (TPSA) is 82.8 Å². The predicted octanol–water partition coefficient (Wildman–Crippen LogP) is 1.59. The fourth-order valence-electron chi connectivity index (χ4n) is 1.05. The summed E-state index contributed by atoms with van der Waals surface area (Å²) < 4.78 is 5.19. The number of halogens is 1. The Bertz CT molecular complexity index is 333. The van der Waals surface area contributed by atoms with Crippen LogP contribution in [0.4, 0.5) is 0 Å². The quantitative estimate of drug-likeness (QED) is 0.691. The lowest BCUT2D eigenvalue weighted by Gasteiger charge is -2.08. The third-order valence-corrected chi connectivity index (χ3v) is 1.91. The smallest absolute Gasteiger partial charge is 0.257 e. The Labute approximate surface area is 100 Å². The highest BCUT2D eigenvalue weighted by molar-refractivity contribution is 5.85. The monoisotopic (exact) mass is 249 g/mol. The maximum absolute atomic E-state index is 9.38. The Kier molecular flexibility index (Phi) is 6.60. The molecule has 0 amide bonds. The zero-order valence-corrected chi connectivity index (χ0v) is 9.83. The average molecular weight is 250 g/mol. The van der Waals surface area contributed by atoms with Crippen LogP contribution >= 0.6 is 12.4 Å². The number of rotatable bonds is 5. The molecule has 0 unspecified atom stereocenters. The third kappa shape index (κ3) is 3.75. The van der Waals surface area contributed by atoms with E-state index in [1.165, 1.54) is 0 Å². The van der Waals surface area contributed by atoms with Crippen LogP contribution in [-0.4, -0.2) is 26.9 Å². The number of hydrogen-bond donors (Lipinski definition) is 3.